The molecule has 0 fully saturated rings. The smallest absolute Gasteiger partial charge is 0.306 e. The normalized spacial score (nSPS) is 12.2. The second-order valence-electron chi connectivity index (χ2n) is 3.52. The Hall–Kier alpha value is -1.65. The minimum absolute atomic E-state index is 0.00218. The quantitative estimate of drug-likeness (QED) is 0.862. The molecule has 5 heteroatoms. The Kier molecular flexibility index (Phi) is 3.82. The minimum atomic E-state index is -1.03. The maximum Gasteiger partial charge on any atom is 0.306 e. The van der Waals surface area contributed by atoms with Crippen LogP contribution in [0, 0.1) is 17.6 Å². The van der Waals surface area contributed by atoms with Crippen molar-refractivity contribution in [2.45, 2.75) is 13.3 Å². The summed E-state index contributed by atoms with van der Waals surface area (Å²) in [7, 11) is 1.26. The van der Waals surface area contributed by atoms with Gasteiger partial charge in [-0.3, -0.25) is 4.79 Å². The van der Waals surface area contributed by atoms with Gasteiger partial charge in [-0.1, -0.05) is 6.92 Å². The molecule has 3 nitrogen and oxygen atoms in total. The zero-order valence-electron chi connectivity index (χ0n) is 8.96. The highest BCUT2D eigenvalue weighted by molar-refractivity contribution is 5.69. The van der Waals surface area contributed by atoms with Crippen molar-refractivity contribution in [3.63, 3.8) is 0 Å². The summed E-state index contributed by atoms with van der Waals surface area (Å²) in [6, 6.07) is 1.88. The largest absolute Gasteiger partial charge is 0.494 e. The number of hydrogen-bond donors (Lipinski definition) is 1. The molecule has 0 spiro atoms. The van der Waals surface area contributed by atoms with Crippen LogP contribution in [0.4, 0.5) is 8.78 Å². The van der Waals surface area contributed by atoms with Gasteiger partial charge in [0.1, 0.15) is 5.82 Å². The summed E-state index contributed by atoms with van der Waals surface area (Å²) in [5.41, 5.74) is 0.133. The van der Waals surface area contributed by atoms with Crippen LogP contribution in [0.2, 0.25) is 0 Å². The summed E-state index contributed by atoms with van der Waals surface area (Å²) in [4.78, 5) is 10.6. The molecule has 1 atom stereocenters. The van der Waals surface area contributed by atoms with E-state index in [1.54, 1.807) is 0 Å². The van der Waals surface area contributed by atoms with Gasteiger partial charge in [0.2, 0.25) is 0 Å². The van der Waals surface area contributed by atoms with E-state index in [4.69, 9.17) is 9.84 Å². The van der Waals surface area contributed by atoms with Gasteiger partial charge < -0.3 is 9.84 Å². The molecule has 16 heavy (non-hydrogen) atoms. The Morgan fingerprint density at radius 2 is 2.06 bits per heavy atom. The first-order valence-electron chi connectivity index (χ1n) is 4.70. The third kappa shape index (κ3) is 2.68. The summed E-state index contributed by atoms with van der Waals surface area (Å²) in [6.45, 7) is 1.46. The number of hydrogen-bond acceptors (Lipinski definition) is 2. The Labute approximate surface area is 91.7 Å². The molecule has 1 N–H and O–H groups in total. The standard InChI is InChI=1S/C11H12F2O3/c1-6(11(14)15)3-7-4-10(16-2)9(13)5-8(7)12/h4-6H,3H2,1-2H3,(H,14,15)/t6-/m0/s1. The maximum atomic E-state index is 13.3. The van der Waals surface area contributed by atoms with Gasteiger partial charge in [0, 0.05) is 6.07 Å². The zero-order valence-corrected chi connectivity index (χ0v) is 8.96. The van der Waals surface area contributed by atoms with E-state index in [9.17, 15) is 13.6 Å². The lowest BCUT2D eigenvalue weighted by Crippen LogP contribution is -2.13. The fourth-order valence-electron chi connectivity index (χ4n) is 1.30. The van der Waals surface area contributed by atoms with Crippen molar-refractivity contribution in [2.24, 2.45) is 5.92 Å². The second kappa shape index (κ2) is 4.92. The molecule has 88 valence electrons. The molecule has 0 saturated heterocycles. The van der Waals surface area contributed by atoms with Crippen LogP contribution in [0.25, 0.3) is 0 Å². The molecular weight excluding hydrogens is 218 g/mol. The van der Waals surface area contributed by atoms with Gasteiger partial charge in [-0.2, -0.15) is 0 Å². The van der Waals surface area contributed by atoms with Gasteiger partial charge in [-0.25, -0.2) is 8.78 Å². The van der Waals surface area contributed by atoms with E-state index >= 15 is 0 Å². The Balaban J connectivity index is 3.00. The van der Waals surface area contributed by atoms with Crippen LogP contribution in [-0.2, 0) is 11.2 Å². The number of carbonyl (C=O) groups is 1. The van der Waals surface area contributed by atoms with E-state index in [0.29, 0.717) is 6.07 Å². The Morgan fingerprint density at radius 1 is 1.44 bits per heavy atom. The summed E-state index contributed by atoms with van der Waals surface area (Å²) >= 11 is 0. The highest BCUT2D eigenvalue weighted by atomic mass is 19.1. The van der Waals surface area contributed by atoms with Crippen molar-refractivity contribution < 1.29 is 23.4 Å². The fraction of sp³-hybridized carbons (Fsp3) is 0.364. The lowest BCUT2D eigenvalue weighted by molar-refractivity contribution is -0.141. The van der Waals surface area contributed by atoms with Gasteiger partial charge >= 0.3 is 5.97 Å². The van der Waals surface area contributed by atoms with E-state index in [2.05, 4.69) is 0 Å². The van der Waals surface area contributed by atoms with E-state index in [0.717, 1.165) is 0 Å². The average Bonchev–Trinajstić information content (AvgIpc) is 2.21. The summed E-state index contributed by atoms with van der Waals surface area (Å²) in [5, 5.41) is 8.69. The van der Waals surface area contributed by atoms with Crippen LogP contribution in [-0.4, -0.2) is 18.2 Å². The predicted octanol–water partition coefficient (Wildman–Crippen LogP) is 2.24. The minimum Gasteiger partial charge on any atom is -0.494 e. The molecule has 1 rings (SSSR count). The number of benzene rings is 1. The topological polar surface area (TPSA) is 46.5 Å². The molecule has 0 aliphatic rings. The second-order valence-corrected chi connectivity index (χ2v) is 3.52. The number of methoxy groups -OCH3 is 1. The van der Waals surface area contributed by atoms with Gasteiger partial charge in [0.05, 0.1) is 13.0 Å². The van der Waals surface area contributed by atoms with Gasteiger partial charge in [0.15, 0.2) is 11.6 Å². The lowest BCUT2D eigenvalue weighted by Gasteiger charge is -2.09. The molecule has 0 radical (unpaired) electrons. The van der Waals surface area contributed by atoms with Crippen LogP contribution in [0.3, 0.4) is 0 Å². The number of halogens is 2. The van der Waals surface area contributed by atoms with E-state index in [-0.39, 0.29) is 17.7 Å². The molecule has 0 aromatic heterocycles. The first-order chi connectivity index (χ1) is 7.45. The van der Waals surface area contributed by atoms with Crippen molar-refractivity contribution in [3.8, 4) is 5.75 Å². The van der Waals surface area contributed by atoms with Crippen LogP contribution < -0.4 is 4.74 Å². The monoisotopic (exact) mass is 230 g/mol. The molecule has 0 saturated carbocycles. The molecular formula is C11H12F2O3. The third-order valence-corrected chi connectivity index (χ3v) is 2.27. The number of aliphatic carboxylic acids is 1. The molecule has 0 amide bonds. The number of carboxylic acid groups (broad SMARTS) is 1. The Morgan fingerprint density at radius 3 is 2.56 bits per heavy atom. The SMILES string of the molecule is COc1cc(C[C@H](C)C(=O)O)c(F)cc1F. The first-order valence-corrected chi connectivity index (χ1v) is 4.70. The van der Waals surface area contributed by atoms with Crippen molar-refractivity contribution in [1.29, 1.82) is 0 Å². The van der Waals surface area contributed by atoms with Gasteiger partial charge in [-0.15, -0.1) is 0 Å². The zero-order chi connectivity index (χ0) is 12.3. The molecule has 0 aliphatic carbocycles. The fourth-order valence-corrected chi connectivity index (χ4v) is 1.30. The van der Waals surface area contributed by atoms with Gasteiger partial charge in [0.25, 0.3) is 0 Å². The van der Waals surface area contributed by atoms with Crippen molar-refractivity contribution in [2.75, 3.05) is 7.11 Å². The number of rotatable bonds is 4. The Bertz CT molecular complexity index is 404. The number of ether oxygens (including phenoxy) is 1. The van der Waals surface area contributed by atoms with Crippen LogP contribution in [0.5, 0.6) is 5.75 Å². The molecule has 0 bridgehead atoms. The van der Waals surface area contributed by atoms with E-state index < -0.39 is 23.5 Å². The van der Waals surface area contributed by atoms with E-state index in [1.807, 2.05) is 0 Å². The molecule has 1 aromatic rings. The van der Waals surface area contributed by atoms with Crippen molar-refractivity contribution in [1.82, 2.24) is 0 Å². The molecule has 0 unspecified atom stereocenters. The predicted molar refractivity (Wildman–Crippen MR) is 53.4 cm³/mol. The third-order valence-electron chi connectivity index (χ3n) is 2.27. The average molecular weight is 230 g/mol. The van der Waals surface area contributed by atoms with Crippen LogP contribution in [0.15, 0.2) is 12.1 Å². The van der Waals surface area contributed by atoms with Crippen LogP contribution >= 0.6 is 0 Å². The number of carboxylic acids is 1. The van der Waals surface area contributed by atoms with Gasteiger partial charge in [-0.05, 0) is 18.1 Å². The highest BCUT2D eigenvalue weighted by Gasteiger charge is 2.16. The summed E-state index contributed by atoms with van der Waals surface area (Å²) in [6.07, 6.45) is -0.00218. The summed E-state index contributed by atoms with van der Waals surface area (Å²) < 4.78 is 31.0. The van der Waals surface area contributed by atoms with Crippen molar-refractivity contribution in [3.05, 3.63) is 29.3 Å². The highest BCUT2D eigenvalue weighted by Crippen LogP contribution is 2.23. The molecule has 1 aromatic carbocycles. The maximum absolute atomic E-state index is 13.3. The summed E-state index contributed by atoms with van der Waals surface area (Å²) in [5.74, 6) is -3.40. The molecule has 0 heterocycles. The van der Waals surface area contributed by atoms with Crippen LogP contribution in [0.1, 0.15) is 12.5 Å². The van der Waals surface area contributed by atoms with Crippen molar-refractivity contribution >= 4 is 5.97 Å². The lowest BCUT2D eigenvalue weighted by atomic mass is 10.0. The first kappa shape index (κ1) is 12.4. The van der Waals surface area contributed by atoms with E-state index in [1.165, 1.54) is 20.1 Å². The molecule has 0 aliphatic heterocycles.